The first kappa shape index (κ1) is 21.2. The molecule has 0 fully saturated rings. The Morgan fingerprint density at radius 1 is 1.16 bits per heavy atom. The zero-order valence-electron chi connectivity index (χ0n) is 13.9. The van der Waals surface area contributed by atoms with E-state index >= 15 is 0 Å². The molecule has 0 aromatic heterocycles. The van der Waals surface area contributed by atoms with Gasteiger partial charge in [0, 0.05) is 19.6 Å². The Morgan fingerprint density at radius 2 is 1.84 bits per heavy atom. The number of nitrogens with one attached hydrogen (secondary N) is 3. The van der Waals surface area contributed by atoms with Crippen molar-refractivity contribution in [1.82, 2.24) is 15.4 Å². The third kappa shape index (κ3) is 10.6. The molecule has 25 heavy (non-hydrogen) atoms. The van der Waals surface area contributed by atoms with Crippen LogP contribution in [0.5, 0.6) is 0 Å². The molecule has 1 aromatic rings. The van der Waals surface area contributed by atoms with Crippen LogP contribution >= 0.6 is 0 Å². The summed E-state index contributed by atoms with van der Waals surface area (Å²) in [5.74, 6) is -0.0613. The van der Waals surface area contributed by atoms with E-state index in [-0.39, 0.29) is 24.8 Å². The van der Waals surface area contributed by atoms with Crippen LogP contribution in [-0.4, -0.2) is 45.9 Å². The molecular formula is C15H23F3N4O2S. The second kappa shape index (κ2) is 10.2. The third-order valence-corrected chi connectivity index (χ3v) is 4.34. The molecular weight excluding hydrogens is 357 g/mol. The van der Waals surface area contributed by atoms with Gasteiger partial charge in [-0.2, -0.15) is 13.2 Å². The first-order valence-electron chi connectivity index (χ1n) is 7.82. The lowest BCUT2D eigenvalue weighted by molar-refractivity contribution is -0.132. The molecule has 0 unspecified atom stereocenters. The molecule has 0 aliphatic carbocycles. The van der Waals surface area contributed by atoms with Crippen LogP contribution in [0, 0.1) is 0 Å². The minimum Gasteiger partial charge on any atom is -0.357 e. The average molecular weight is 380 g/mol. The summed E-state index contributed by atoms with van der Waals surface area (Å²) in [4.78, 5) is 3.77. The highest BCUT2D eigenvalue weighted by molar-refractivity contribution is 7.89. The summed E-state index contributed by atoms with van der Waals surface area (Å²) >= 11 is 0. The Labute approximate surface area is 146 Å². The second-order valence-corrected chi connectivity index (χ2v) is 7.10. The molecule has 0 heterocycles. The predicted molar refractivity (Wildman–Crippen MR) is 91.7 cm³/mol. The van der Waals surface area contributed by atoms with E-state index in [0.29, 0.717) is 6.54 Å². The fraction of sp³-hybridized carbons (Fsp3) is 0.533. The van der Waals surface area contributed by atoms with E-state index in [1.165, 1.54) is 0 Å². The molecule has 0 aliphatic rings. The van der Waals surface area contributed by atoms with Gasteiger partial charge in [0.2, 0.25) is 10.0 Å². The van der Waals surface area contributed by atoms with Crippen LogP contribution in [0.3, 0.4) is 0 Å². The smallest absolute Gasteiger partial charge is 0.357 e. The van der Waals surface area contributed by atoms with E-state index in [1.807, 2.05) is 18.2 Å². The second-order valence-electron chi connectivity index (χ2n) is 5.18. The van der Waals surface area contributed by atoms with Crippen LogP contribution in [0.25, 0.3) is 0 Å². The maximum absolute atomic E-state index is 12.1. The Hall–Kier alpha value is -1.81. The molecule has 0 amide bonds. The minimum absolute atomic E-state index is 0.0297. The van der Waals surface area contributed by atoms with Crippen LogP contribution in [0.1, 0.15) is 18.9 Å². The van der Waals surface area contributed by atoms with Gasteiger partial charge in [-0.05, 0) is 12.5 Å². The van der Waals surface area contributed by atoms with Gasteiger partial charge in [-0.3, -0.25) is 4.99 Å². The molecule has 0 radical (unpaired) electrons. The molecule has 0 aliphatic heterocycles. The maximum atomic E-state index is 12.1. The van der Waals surface area contributed by atoms with Crippen LogP contribution < -0.4 is 15.4 Å². The average Bonchev–Trinajstić information content (AvgIpc) is 2.53. The van der Waals surface area contributed by atoms with E-state index in [1.54, 1.807) is 19.1 Å². The van der Waals surface area contributed by atoms with Crippen LogP contribution in [0.4, 0.5) is 13.2 Å². The first-order chi connectivity index (χ1) is 11.7. The van der Waals surface area contributed by atoms with Gasteiger partial charge >= 0.3 is 6.18 Å². The number of benzene rings is 1. The Morgan fingerprint density at radius 3 is 2.44 bits per heavy atom. The molecule has 10 heteroatoms. The fourth-order valence-electron chi connectivity index (χ4n) is 1.80. The highest BCUT2D eigenvalue weighted by atomic mass is 32.2. The standard InChI is InChI=1S/C15H23F3N4O2S/c1-2-19-14(20-9-8-15(16,17)18)21-10-11-25(23,24)22-12-13-6-4-3-5-7-13/h3-7,22H,2,8-12H2,1H3,(H2,19,20,21). The molecule has 142 valence electrons. The van der Waals surface area contributed by atoms with Gasteiger partial charge < -0.3 is 10.6 Å². The number of guanidine groups is 1. The van der Waals surface area contributed by atoms with Crippen molar-refractivity contribution >= 4 is 16.0 Å². The van der Waals surface area contributed by atoms with Crippen molar-refractivity contribution in [2.24, 2.45) is 4.99 Å². The Kier molecular flexibility index (Phi) is 8.70. The number of hydrogen-bond acceptors (Lipinski definition) is 3. The number of alkyl halides is 3. The Bertz CT molecular complexity index is 634. The van der Waals surface area contributed by atoms with E-state index in [9.17, 15) is 21.6 Å². The van der Waals surface area contributed by atoms with Crippen molar-refractivity contribution in [2.45, 2.75) is 26.1 Å². The zero-order chi connectivity index (χ0) is 18.8. The summed E-state index contributed by atoms with van der Waals surface area (Å²) in [5, 5.41) is 5.48. The molecule has 6 nitrogen and oxygen atoms in total. The quantitative estimate of drug-likeness (QED) is 0.449. The molecule has 1 aromatic carbocycles. The zero-order valence-corrected chi connectivity index (χ0v) is 14.8. The van der Waals surface area contributed by atoms with Gasteiger partial charge in [-0.1, -0.05) is 30.3 Å². The molecule has 0 spiro atoms. The van der Waals surface area contributed by atoms with Crippen LogP contribution in [0.2, 0.25) is 0 Å². The number of hydrogen-bond donors (Lipinski definition) is 3. The monoisotopic (exact) mass is 380 g/mol. The van der Waals surface area contributed by atoms with Crippen molar-refractivity contribution in [3.8, 4) is 0 Å². The van der Waals surface area contributed by atoms with Gasteiger partial charge in [0.05, 0.1) is 18.7 Å². The van der Waals surface area contributed by atoms with Crippen molar-refractivity contribution in [3.63, 3.8) is 0 Å². The van der Waals surface area contributed by atoms with Gasteiger partial charge in [0.15, 0.2) is 5.96 Å². The van der Waals surface area contributed by atoms with Crippen molar-refractivity contribution in [2.75, 3.05) is 25.4 Å². The predicted octanol–water partition coefficient (Wildman–Crippen LogP) is 1.61. The highest BCUT2D eigenvalue weighted by Crippen LogP contribution is 2.18. The van der Waals surface area contributed by atoms with Gasteiger partial charge in [-0.25, -0.2) is 13.1 Å². The number of aliphatic imine (C=N–C) groups is 1. The summed E-state index contributed by atoms with van der Waals surface area (Å²) < 4.78 is 62.7. The Balaban J connectivity index is 2.41. The highest BCUT2D eigenvalue weighted by Gasteiger charge is 2.26. The molecule has 0 saturated carbocycles. The third-order valence-electron chi connectivity index (χ3n) is 3.01. The largest absolute Gasteiger partial charge is 0.390 e. The lowest BCUT2D eigenvalue weighted by Crippen LogP contribution is -2.41. The van der Waals surface area contributed by atoms with Crippen molar-refractivity contribution < 1.29 is 21.6 Å². The summed E-state index contributed by atoms with van der Waals surface area (Å²) in [6, 6.07) is 9.06. The molecule has 1 rings (SSSR count). The summed E-state index contributed by atoms with van der Waals surface area (Å²) in [6.07, 6.45) is -5.30. The number of halogens is 3. The van der Waals surface area contributed by atoms with E-state index in [0.717, 1.165) is 5.56 Å². The minimum atomic E-state index is -4.27. The molecule has 0 bridgehead atoms. The van der Waals surface area contributed by atoms with Gasteiger partial charge in [0.25, 0.3) is 0 Å². The number of nitrogens with zero attached hydrogens (tertiary/aromatic N) is 1. The van der Waals surface area contributed by atoms with Crippen molar-refractivity contribution in [1.29, 1.82) is 0 Å². The van der Waals surface area contributed by atoms with Gasteiger partial charge in [-0.15, -0.1) is 0 Å². The fourth-order valence-corrected chi connectivity index (χ4v) is 2.70. The lowest BCUT2D eigenvalue weighted by Gasteiger charge is -2.12. The maximum Gasteiger partial charge on any atom is 0.390 e. The topological polar surface area (TPSA) is 82.6 Å². The van der Waals surface area contributed by atoms with Crippen molar-refractivity contribution in [3.05, 3.63) is 35.9 Å². The van der Waals surface area contributed by atoms with E-state index in [2.05, 4.69) is 20.3 Å². The van der Waals surface area contributed by atoms with E-state index in [4.69, 9.17) is 0 Å². The normalized spacial score (nSPS) is 12.9. The number of sulfonamides is 1. The van der Waals surface area contributed by atoms with E-state index < -0.39 is 29.2 Å². The SMILES string of the molecule is CCNC(=NCCC(F)(F)F)NCCS(=O)(=O)NCc1ccccc1. The molecule has 0 saturated heterocycles. The summed E-state index contributed by atoms with van der Waals surface area (Å²) in [5.41, 5.74) is 0.834. The molecule has 0 atom stereocenters. The van der Waals surface area contributed by atoms with Crippen LogP contribution in [-0.2, 0) is 16.6 Å². The summed E-state index contributed by atoms with van der Waals surface area (Å²) in [7, 11) is -3.51. The van der Waals surface area contributed by atoms with Crippen LogP contribution in [0.15, 0.2) is 35.3 Å². The van der Waals surface area contributed by atoms with Gasteiger partial charge in [0.1, 0.15) is 0 Å². The number of rotatable bonds is 9. The summed E-state index contributed by atoms with van der Waals surface area (Å²) in [6.45, 7) is 2.01. The lowest BCUT2D eigenvalue weighted by atomic mass is 10.2. The molecule has 3 N–H and O–H groups in total. The first-order valence-corrected chi connectivity index (χ1v) is 9.47.